The third-order valence-corrected chi connectivity index (χ3v) is 5.25. The lowest BCUT2D eigenvalue weighted by Gasteiger charge is -2.07. The second-order valence-corrected chi connectivity index (χ2v) is 7.31. The lowest BCUT2D eigenvalue weighted by atomic mass is 10.2. The average molecular weight is 365 g/mol. The molecule has 7 heteroatoms. The molecule has 1 amide bonds. The van der Waals surface area contributed by atoms with Crippen LogP contribution in [0.1, 0.15) is 11.1 Å². The normalized spacial score (nSPS) is 11.6. The Kier molecular flexibility index (Phi) is 5.77. The number of amides is 1. The summed E-state index contributed by atoms with van der Waals surface area (Å²) in [6, 6.07) is 11.5. The molecule has 0 aliphatic carbocycles. The predicted molar refractivity (Wildman–Crippen MR) is 96.5 cm³/mol. The number of sulfonamides is 1. The highest BCUT2D eigenvalue weighted by Gasteiger charge is 2.10. The maximum atomic E-state index is 12.0. The van der Waals surface area contributed by atoms with Crippen molar-refractivity contribution in [1.29, 1.82) is 0 Å². The smallest absolute Gasteiger partial charge is 0.248 e. The van der Waals surface area contributed by atoms with Crippen LogP contribution in [0.4, 0.5) is 5.69 Å². The van der Waals surface area contributed by atoms with Crippen molar-refractivity contribution >= 4 is 39.3 Å². The number of nitrogens with one attached hydrogen (secondary N) is 2. The van der Waals surface area contributed by atoms with E-state index in [9.17, 15) is 13.2 Å². The van der Waals surface area contributed by atoms with Gasteiger partial charge < -0.3 is 5.32 Å². The van der Waals surface area contributed by atoms with Crippen LogP contribution in [0.3, 0.4) is 0 Å². The molecule has 2 aromatic carbocycles. The third-order valence-electron chi connectivity index (χ3n) is 3.41. The zero-order valence-corrected chi connectivity index (χ0v) is 14.8. The standard InChI is InChI=1S/C17H17ClN2O3S/c1-12-15(18)4-3-5-16(12)20-17(21)11-8-13-6-9-14(10-7-13)24(22,23)19-2/h3-11,19H,1-2H3,(H,20,21)/b11-8+. The van der Waals surface area contributed by atoms with Gasteiger partial charge in [0.25, 0.3) is 0 Å². The molecule has 126 valence electrons. The van der Waals surface area contributed by atoms with Gasteiger partial charge in [-0.2, -0.15) is 0 Å². The first-order valence-corrected chi connectivity index (χ1v) is 8.97. The number of hydrogen-bond acceptors (Lipinski definition) is 3. The van der Waals surface area contributed by atoms with Crippen LogP contribution in [0.25, 0.3) is 6.08 Å². The van der Waals surface area contributed by atoms with E-state index in [0.717, 1.165) is 5.56 Å². The number of hydrogen-bond donors (Lipinski definition) is 2. The molecule has 24 heavy (non-hydrogen) atoms. The number of carbonyl (C=O) groups excluding carboxylic acids is 1. The van der Waals surface area contributed by atoms with Crippen molar-refractivity contribution in [3.05, 3.63) is 64.7 Å². The van der Waals surface area contributed by atoms with Crippen LogP contribution in [0.15, 0.2) is 53.4 Å². The summed E-state index contributed by atoms with van der Waals surface area (Å²) in [5, 5.41) is 3.33. The van der Waals surface area contributed by atoms with Crippen molar-refractivity contribution in [2.75, 3.05) is 12.4 Å². The first kappa shape index (κ1) is 18.2. The van der Waals surface area contributed by atoms with Crippen molar-refractivity contribution < 1.29 is 13.2 Å². The zero-order valence-electron chi connectivity index (χ0n) is 13.2. The zero-order chi connectivity index (χ0) is 17.7. The van der Waals surface area contributed by atoms with Gasteiger partial charge in [0.05, 0.1) is 4.90 Å². The fraction of sp³-hybridized carbons (Fsp3) is 0.118. The molecule has 0 unspecified atom stereocenters. The first-order valence-electron chi connectivity index (χ1n) is 7.11. The largest absolute Gasteiger partial charge is 0.322 e. The Morgan fingerprint density at radius 3 is 2.42 bits per heavy atom. The first-order chi connectivity index (χ1) is 11.3. The quantitative estimate of drug-likeness (QED) is 0.800. The SMILES string of the molecule is CNS(=O)(=O)c1ccc(/C=C/C(=O)Nc2cccc(Cl)c2C)cc1. The summed E-state index contributed by atoms with van der Waals surface area (Å²) in [7, 11) is -2.11. The van der Waals surface area contributed by atoms with Gasteiger partial charge in [0, 0.05) is 16.8 Å². The Hall–Kier alpha value is -2.15. The molecule has 0 saturated carbocycles. The molecule has 0 fully saturated rings. The van der Waals surface area contributed by atoms with Gasteiger partial charge in [-0.1, -0.05) is 29.8 Å². The van der Waals surface area contributed by atoms with Crippen molar-refractivity contribution in [3.63, 3.8) is 0 Å². The highest BCUT2D eigenvalue weighted by atomic mass is 35.5. The second kappa shape index (κ2) is 7.61. The average Bonchev–Trinajstić information content (AvgIpc) is 2.57. The molecule has 5 nitrogen and oxygen atoms in total. The van der Waals surface area contributed by atoms with E-state index in [4.69, 9.17) is 11.6 Å². The lowest BCUT2D eigenvalue weighted by Crippen LogP contribution is -2.18. The second-order valence-electron chi connectivity index (χ2n) is 5.01. The van der Waals surface area contributed by atoms with Crippen LogP contribution in [0.5, 0.6) is 0 Å². The van der Waals surface area contributed by atoms with Gasteiger partial charge >= 0.3 is 0 Å². The van der Waals surface area contributed by atoms with E-state index in [1.54, 1.807) is 36.4 Å². The Labute approximate surface area is 146 Å². The van der Waals surface area contributed by atoms with Crippen LogP contribution >= 0.6 is 11.6 Å². The van der Waals surface area contributed by atoms with Crippen LogP contribution in [-0.4, -0.2) is 21.4 Å². The molecule has 0 atom stereocenters. The van der Waals surface area contributed by atoms with E-state index < -0.39 is 10.0 Å². The highest BCUT2D eigenvalue weighted by Crippen LogP contribution is 2.22. The minimum atomic E-state index is -3.46. The molecule has 2 rings (SSSR count). The number of benzene rings is 2. The molecule has 0 spiro atoms. The van der Waals surface area contributed by atoms with Crippen LogP contribution in [0.2, 0.25) is 5.02 Å². The number of carbonyl (C=O) groups is 1. The highest BCUT2D eigenvalue weighted by molar-refractivity contribution is 7.89. The van der Waals surface area contributed by atoms with Gasteiger partial charge in [0.2, 0.25) is 15.9 Å². The summed E-state index contributed by atoms with van der Waals surface area (Å²) < 4.78 is 25.5. The number of halogens is 1. The number of anilines is 1. The van der Waals surface area contributed by atoms with Crippen molar-refractivity contribution in [2.45, 2.75) is 11.8 Å². The van der Waals surface area contributed by atoms with Crippen LogP contribution in [0, 0.1) is 6.92 Å². The summed E-state index contributed by atoms with van der Waals surface area (Å²) in [5.74, 6) is -0.299. The van der Waals surface area contributed by atoms with E-state index in [1.165, 1.54) is 25.3 Å². The molecule has 0 radical (unpaired) electrons. The lowest BCUT2D eigenvalue weighted by molar-refractivity contribution is -0.111. The van der Waals surface area contributed by atoms with Gasteiger partial charge in [-0.25, -0.2) is 13.1 Å². The molecule has 0 aliphatic heterocycles. The van der Waals surface area contributed by atoms with Gasteiger partial charge in [-0.05, 0) is 55.4 Å². The Morgan fingerprint density at radius 1 is 1.12 bits per heavy atom. The number of rotatable bonds is 5. The summed E-state index contributed by atoms with van der Waals surface area (Å²) >= 11 is 6.01. The molecule has 2 aromatic rings. The van der Waals surface area contributed by atoms with Gasteiger partial charge in [0.1, 0.15) is 0 Å². The summed E-state index contributed by atoms with van der Waals surface area (Å²) in [6.07, 6.45) is 2.98. The summed E-state index contributed by atoms with van der Waals surface area (Å²) in [4.78, 5) is 12.1. The molecule has 0 bridgehead atoms. The van der Waals surface area contributed by atoms with Gasteiger partial charge in [-0.15, -0.1) is 0 Å². The monoisotopic (exact) mass is 364 g/mol. The minimum absolute atomic E-state index is 0.168. The van der Waals surface area contributed by atoms with E-state index in [0.29, 0.717) is 16.3 Å². The molecule has 0 heterocycles. The molecule has 0 aromatic heterocycles. The van der Waals surface area contributed by atoms with E-state index >= 15 is 0 Å². The Morgan fingerprint density at radius 2 is 1.79 bits per heavy atom. The molecular formula is C17H17ClN2O3S. The third kappa shape index (κ3) is 4.44. The summed E-state index contributed by atoms with van der Waals surface area (Å²) in [6.45, 7) is 1.82. The topological polar surface area (TPSA) is 75.3 Å². The van der Waals surface area contributed by atoms with E-state index in [-0.39, 0.29) is 10.8 Å². The Bertz CT molecular complexity index is 875. The van der Waals surface area contributed by atoms with Crippen molar-refractivity contribution in [1.82, 2.24) is 4.72 Å². The Balaban J connectivity index is 2.08. The van der Waals surface area contributed by atoms with Crippen LogP contribution in [-0.2, 0) is 14.8 Å². The fourth-order valence-corrected chi connectivity index (χ4v) is 2.87. The molecular weight excluding hydrogens is 348 g/mol. The fourth-order valence-electron chi connectivity index (χ4n) is 1.97. The van der Waals surface area contributed by atoms with Crippen molar-refractivity contribution in [2.24, 2.45) is 0 Å². The summed E-state index contributed by atoms with van der Waals surface area (Å²) in [5.41, 5.74) is 2.15. The van der Waals surface area contributed by atoms with Gasteiger partial charge in [0.15, 0.2) is 0 Å². The van der Waals surface area contributed by atoms with Crippen molar-refractivity contribution in [3.8, 4) is 0 Å². The van der Waals surface area contributed by atoms with Crippen LogP contribution < -0.4 is 10.0 Å². The molecule has 0 saturated heterocycles. The van der Waals surface area contributed by atoms with Gasteiger partial charge in [-0.3, -0.25) is 4.79 Å². The minimum Gasteiger partial charge on any atom is -0.322 e. The maximum absolute atomic E-state index is 12.0. The molecule has 2 N–H and O–H groups in total. The predicted octanol–water partition coefficient (Wildman–Crippen LogP) is 3.21. The maximum Gasteiger partial charge on any atom is 0.248 e. The van der Waals surface area contributed by atoms with E-state index in [1.807, 2.05) is 6.92 Å². The van der Waals surface area contributed by atoms with E-state index in [2.05, 4.69) is 10.0 Å². The molecule has 0 aliphatic rings.